The van der Waals surface area contributed by atoms with E-state index in [1.54, 1.807) is 17.0 Å². The lowest BCUT2D eigenvalue weighted by Crippen LogP contribution is -2.29. The van der Waals surface area contributed by atoms with Crippen molar-refractivity contribution < 1.29 is 4.74 Å². The maximum absolute atomic E-state index is 12.2. The van der Waals surface area contributed by atoms with Crippen LogP contribution in [-0.2, 0) is 4.74 Å². The molecule has 0 aliphatic carbocycles. The first-order chi connectivity index (χ1) is 9.13. The van der Waals surface area contributed by atoms with Crippen molar-refractivity contribution in [2.45, 2.75) is 45.8 Å². The van der Waals surface area contributed by atoms with Crippen LogP contribution < -0.4 is 10.9 Å². The van der Waals surface area contributed by atoms with Crippen LogP contribution in [0.1, 0.15) is 39.7 Å². The Bertz CT molecular complexity index is 470. The molecule has 0 aromatic carbocycles. The number of hydrogen-bond acceptors (Lipinski definition) is 4. The Labute approximate surface area is 114 Å². The minimum Gasteiger partial charge on any atom is -0.378 e. The quantitative estimate of drug-likeness (QED) is 0.885. The molecule has 1 saturated heterocycles. The molecule has 1 aromatic heterocycles. The zero-order valence-corrected chi connectivity index (χ0v) is 11.9. The van der Waals surface area contributed by atoms with E-state index in [0.29, 0.717) is 17.8 Å². The molecule has 0 bridgehead atoms. The van der Waals surface area contributed by atoms with Gasteiger partial charge in [-0.1, -0.05) is 6.92 Å². The lowest BCUT2D eigenvalue weighted by Gasteiger charge is -2.18. The van der Waals surface area contributed by atoms with Crippen molar-refractivity contribution >= 4 is 5.82 Å². The summed E-state index contributed by atoms with van der Waals surface area (Å²) in [5, 5.41) is 3.19. The highest BCUT2D eigenvalue weighted by atomic mass is 16.5. The minimum atomic E-state index is -0.0514. The van der Waals surface area contributed by atoms with E-state index >= 15 is 0 Å². The molecule has 0 amide bonds. The van der Waals surface area contributed by atoms with Crippen LogP contribution in [0.2, 0.25) is 0 Å². The van der Waals surface area contributed by atoms with E-state index in [0.717, 1.165) is 26.0 Å². The molecule has 5 heteroatoms. The van der Waals surface area contributed by atoms with Crippen LogP contribution in [-0.4, -0.2) is 28.8 Å². The molecule has 0 spiro atoms. The Balaban J connectivity index is 2.04. The Kier molecular flexibility index (Phi) is 4.58. The Morgan fingerprint density at radius 2 is 2.37 bits per heavy atom. The first-order valence-electron chi connectivity index (χ1n) is 7.06. The summed E-state index contributed by atoms with van der Waals surface area (Å²) in [6, 6.07) is 0.147. The lowest BCUT2D eigenvalue weighted by atomic mass is 10.00. The first-order valence-corrected chi connectivity index (χ1v) is 7.06. The highest BCUT2D eigenvalue weighted by Crippen LogP contribution is 2.23. The first kappa shape index (κ1) is 14.1. The van der Waals surface area contributed by atoms with Crippen LogP contribution in [0.25, 0.3) is 0 Å². The van der Waals surface area contributed by atoms with E-state index in [-0.39, 0.29) is 11.6 Å². The number of aromatic nitrogens is 2. The third-order valence-electron chi connectivity index (χ3n) is 3.70. The molecule has 2 unspecified atom stereocenters. The minimum absolute atomic E-state index is 0.0514. The second-order valence-corrected chi connectivity index (χ2v) is 5.33. The molecule has 1 N–H and O–H groups in total. The fourth-order valence-electron chi connectivity index (χ4n) is 2.56. The molecule has 19 heavy (non-hydrogen) atoms. The van der Waals surface area contributed by atoms with Gasteiger partial charge in [0.2, 0.25) is 0 Å². The average molecular weight is 265 g/mol. The number of ether oxygens (including phenoxy) is 1. The van der Waals surface area contributed by atoms with E-state index < -0.39 is 0 Å². The van der Waals surface area contributed by atoms with Gasteiger partial charge in [0.15, 0.2) is 5.82 Å². The molecule has 1 fully saturated rings. The van der Waals surface area contributed by atoms with Crippen molar-refractivity contribution in [2.24, 2.45) is 5.92 Å². The van der Waals surface area contributed by atoms with Gasteiger partial charge in [-0.3, -0.25) is 4.79 Å². The molecular formula is C14H23N3O2. The third kappa shape index (κ3) is 3.15. The summed E-state index contributed by atoms with van der Waals surface area (Å²) in [5.41, 5.74) is -0.0514. The average Bonchev–Trinajstić information content (AvgIpc) is 2.84. The Morgan fingerprint density at radius 1 is 1.58 bits per heavy atom. The molecule has 2 heterocycles. The smallest absolute Gasteiger partial charge is 0.293 e. The van der Waals surface area contributed by atoms with E-state index in [2.05, 4.69) is 17.2 Å². The summed E-state index contributed by atoms with van der Waals surface area (Å²) in [4.78, 5) is 16.3. The van der Waals surface area contributed by atoms with Gasteiger partial charge >= 0.3 is 0 Å². The van der Waals surface area contributed by atoms with Crippen molar-refractivity contribution in [3.8, 4) is 0 Å². The van der Waals surface area contributed by atoms with Gasteiger partial charge in [0, 0.05) is 37.5 Å². The molecule has 1 aromatic rings. The normalized spacial score (nSPS) is 22.9. The fraction of sp³-hybridized carbons (Fsp3) is 0.714. The number of hydrogen-bond donors (Lipinski definition) is 1. The lowest BCUT2D eigenvalue weighted by molar-refractivity contribution is 0.0900. The van der Waals surface area contributed by atoms with Crippen LogP contribution in [0, 0.1) is 5.92 Å². The standard InChI is InChI=1S/C14H23N3O2/c1-4-12-11(5-8-19-12)9-16-13-14(18)17(10(2)3)7-6-15-13/h6-7,10-12H,4-5,8-9H2,1-3H3,(H,15,16). The number of nitrogens with one attached hydrogen (secondary N) is 1. The number of anilines is 1. The highest BCUT2D eigenvalue weighted by molar-refractivity contribution is 5.31. The molecule has 0 radical (unpaired) electrons. The van der Waals surface area contributed by atoms with E-state index in [9.17, 15) is 4.79 Å². The molecule has 5 nitrogen and oxygen atoms in total. The van der Waals surface area contributed by atoms with Crippen molar-refractivity contribution in [1.29, 1.82) is 0 Å². The second-order valence-electron chi connectivity index (χ2n) is 5.33. The summed E-state index contributed by atoms with van der Waals surface area (Å²) in [6.45, 7) is 7.69. The Morgan fingerprint density at radius 3 is 3.05 bits per heavy atom. The van der Waals surface area contributed by atoms with Crippen LogP contribution in [0.3, 0.4) is 0 Å². The maximum atomic E-state index is 12.2. The molecule has 1 aliphatic rings. The van der Waals surface area contributed by atoms with Crippen LogP contribution >= 0.6 is 0 Å². The van der Waals surface area contributed by atoms with Crippen molar-refractivity contribution in [2.75, 3.05) is 18.5 Å². The Hall–Kier alpha value is -1.36. The van der Waals surface area contributed by atoms with Gasteiger partial charge in [-0.25, -0.2) is 4.98 Å². The van der Waals surface area contributed by atoms with Gasteiger partial charge in [0.1, 0.15) is 0 Å². The van der Waals surface area contributed by atoms with Gasteiger partial charge < -0.3 is 14.6 Å². The topological polar surface area (TPSA) is 56.1 Å². The van der Waals surface area contributed by atoms with E-state index in [1.165, 1.54) is 0 Å². The summed E-state index contributed by atoms with van der Waals surface area (Å²) >= 11 is 0. The summed E-state index contributed by atoms with van der Waals surface area (Å²) < 4.78 is 7.34. The van der Waals surface area contributed by atoms with Gasteiger partial charge in [-0.15, -0.1) is 0 Å². The maximum Gasteiger partial charge on any atom is 0.293 e. The number of rotatable bonds is 5. The monoisotopic (exact) mass is 265 g/mol. The van der Waals surface area contributed by atoms with Crippen molar-refractivity contribution in [1.82, 2.24) is 9.55 Å². The van der Waals surface area contributed by atoms with E-state index in [4.69, 9.17) is 4.74 Å². The van der Waals surface area contributed by atoms with Crippen molar-refractivity contribution in [3.63, 3.8) is 0 Å². The van der Waals surface area contributed by atoms with Gasteiger partial charge in [-0.2, -0.15) is 0 Å². The fourth-order valence-corrected chi connectivity index (χ4v) is 2.56. The zero-order chi connectivity index (χ0) is 13.8. The van der Waals surface area contributed by atoms with Crippen LogP contribution in [0.5, 0.6) is 0 Å². The largest absolute Gasteiger partial charge is 0.378 e. The third-order valence-corrected chi connectivity index (χ3v) is 3.70. The predicted octanol–water partition coefficient (Wildman–Crippen LogP) is 2.05. The van der Waals surface area contributed by atoms with Gasteiger partial charge in [0.05, 0.1) is 6.10 Å². The molecule has 2 rings (SSSR count). The zero-order valence-electron chi connectivity index (χ0n) is 11.9. The number of nitrogens with zero attached hydrogens (tertiary/aromatic N) is 2. The highest BCUT2D eigenvalue weighted by Gasteiger charge is 2.26. The predicted molar refractivity (Wildman–Crippen MR) is 75.5 cm³/mol. The van der Waals surface area contributed by atoms with Gasteiger partial charge in [-0.05, 0) is 26.7 Å². The molecule has 106 valence electrons. The molecule has 0 saturated carbocycles. The van der Waals surface area contributed by atoms with Crippen LogP contribution in [0.4, 0.5) is 5.82 Å². The molecule has 2 atom stereocenters. The van der Waals surface area contributed by atoms with E-state index in [1.807, 2.05) is 13.8 Å². The van der Waals surface area contributed by atoms with Crippen molar-refractivity contribution in [3.05, 3.63) is 22.7 Å². The summed E-state index contributed by atoms with van der Waals surface area (Å²) in [6.07, 6.45) is 5.78. The summed E-state index contributed by atoms with van der Waals surface area (Å²) in [5.74, 6) is 0.914. The second kappa shape index (κ2) is 6.19. The summed E-state index contributed by atoms with van der Waals surface area (Å²) in [7, 11) is 0. The van der Waals surface area contributed by atoms with Crippen LogP contribution in [0.15, 0.2) is 17.2 Å². The SMILES string of the molecule is CCC1OCCC1CNc1nccn(C(C)C)c1=O. The van der Waals surface area contributed by atoms with Gasteiger partial charge in [0.25, 0.3) is 5.56 Å². The molecule has 1 aliphatic heterocycles. The molecular weight excluding hydrogens is 242 g/mol.